The fourth-order valence-electron chi connectivity index (χ4n) is 3.23. The Balaban J connectivity index is 0.00000156. The van der Waals surface area contributed by atoms with Gasteiger partial charge >= 0.3 is 0 Å². The van der Waals surface area contributed by atoms with E-state index in [9.17, 15) is 9.50 Å². The summed E-state index contributed by atoms with van der Waals surface area (Å²) >= 11 is 6.02. The van der Waals surface area contributed by atoms with E-state index in [1.807, 2.05) is 12.1 Å². The molecule has 3 aromatic rings. The molecule has 1 atom stereocenters. The number of para-hydroxylation sites is 1. The Morgan fingerprint density at radius 1 is 1.22 bits per heavy atom. The molecular formula is C17H15Cl2FN2O. The van der Waals surface area contributed by atoms with E-state index in [-0.39, 0.29) is 30.0 Å². The van der Waals surface area contributed by atoms with Crippen molar-refractivity contribution in [2.24, 2.45) is 0 Å². The molecule has 0 radical (unpaired) electrons. The lowest BCUT2D eigenvalue weighted by Crippen LogP contribution is -2.30. The highest BCUT2D eigenvalue weighted by Crippen LogP contribution is 2.39. The molecular weight excluding hydrogens is 338 g/mol. The standard InChI is InChI=1S/C17H14ClFN2O.ClH/c18-13-3-1-2-11(17(13)22)15-16-10(6-7-20-15)12-8-9(19)4-5-14(12)21-16;/h1-5,8,15,20-22H,6-7H2;1H. The van der Waals surface area contributed by atoms with Crippen LogP contribution in [0.3, 0.4) is 0 Å². The van der Waals surface area contributed by atoms with Gasteiger partial charge in [0.05, 0.1) is 11.1 Å². The Labute approximate surface area is 143 Å². The number of nitrogens with one attached hydrogen (secondary N) is 2. The fourth-order valence-corrected chi connectivity index (χ4v) is 3.41. The van der Waals surface area contributed by atoms with Crippen LogP contribution >= 0.6 is 24.0 Å². The van der Waals surface area contributed by atoms with Crippen LogP contribution in [0.15, 0.2) is 36.4 Å². The van der Waals surface area contributed by atoms with Gasteiger partial charge in [0.25, 0.3) is 0 Å². The molecule has 3 nitrogen and oxygen atoms in total. The minimum Gasteiger partial charge on any atom is -0.506 e. The van der Waals surface area contributed by atoms with E-state index < -0.39 is 0 Å². The van der Waals surface area contributed by atoms with Gasteiger partial charge in [-0.3, -0.25) is 0 Å². The summed E-state index contributed by atoms with van der Waals surface area (Å²) in [6, 6.07) is 9.89. The average molecular weight is 353 g/mol. The highest BCUT2D eigenvalue weighted by molar-refractivity contribution is 6.32. The topological polar surface area (TPSA) is 48.0 Å². The molecule has 0 bridgehead atoms. The number of fused-ring (bicyclic) bond motifs is 3. The van der Waals surface area contributed by atoms with E-state index in [0.29, 0.717) is 5.02 Å². The van der Waals surface area contributed by atoms with Crippen molar-refractivity contribution in [3.05, 3.63) is 64.1 Å². The van der Waals surface area contributed by atoms with Gasteiger partial charge in [-0.1, -0.05) is 23.7 Å². The van der Waals surface area contributed by atoms with Gasteiger partial charge in [0, 0.05) is 28.7 Å². The lowest BCUT2D eigenvalue weighted by atomic mass is 9.94. The van der Waals surface area contributed by atoms with Crippen molar-refractivity contribution in [1.82, 2.24) is 10.3 Å². The molecule has 0 saturated heterocycles. The van der Waals surface area contributed by atoms with E-state index >= 15 is 0 Å². The molecule has 1 aromatic heterocycles. The summed E-state index contributed by atoms with van der Waals surface area (Å²) < 4.78 is 13.5. The van der Waals surface area contributed by atoms with Crippen LogP contribution in [0.4, 0.5) is 4.39 Å². The smallest absolute Gasteiger partial charge is 0.139 e. The highest BCUT2D eigenvalue weighted by Gasteiger charge is 2.27. The normalized spacial score (nSPS) is 16.9. The van der Waals surface area contributed by atoms with Crippen molar-refractivity contribution in [2.45, 2.75) is 12.5 Å². The molecule has 0 fully saturated rings. The Morgan fingerprint density at radius 3 is 2.87 bits per heavy atom. The molecule has 1 aliphatic heterocycles. The fraction of sp³-hybridized carbons (Fsp3) is 0.176. The summed E-state index contributed by atoms with van der Waals surface area (Å²) in [5, 5.41) is 14.9. The van der Waals surface area contributed by atoms with Gasteiger partial charge in [0.1, 0.15) is 11.6 Å². The molecule has 2 heterocycles. The van der Waals surface area contributed by atoms with Crippen LogP contribution in [0.5, 0.6) is 5.75 Å². The molecule has 0 saturated carbocycles. The summed E-state index contributed by atoms with van der Waals surface area (Å²) in [6.45, 7) is 0.757. The van der Waals surface area contributed by atoms with Crippen molar-refractivity contribution in [1.29, 1.82) is 0 Å². The number of phenolic OH excluding ortho intramolecular Hbond substituents is 1. The predicted octanol–water partition coefficient (Wildman–Crippen LogP) is 4.32. The lowest BCUT2D eigenvalue weighted by Gasteiger charge is -2.25. The first-order valence-corrected chi connectivity index (χ1v) is 7.53. The first-order chi connectivity index (χ1) is 10.6. The summed E-state index contributed by atoms with van der Waals surface area (Å²) in [7, 11) is 0. The van der Waals surface area contributed by atoms with Crippen molar-refractivity contribution in [2.75, 3.05) is 6.54 Å². The number of rotatable bonds is 1. The number of H-pyrrole nitrogens is 1. The first-order valence-electron chi connectivity index (χ1n) is 7.16. The summed E-state index contributed by atoms with van der Waals surface area (Å²) in [5.41, 5.74) is 3.68. The first kappa shape index (κ1) is 16.1. The zero-order valence-corrected chi connectivity index (χ0v) is 13.6. The summed E-state index contributed by atoms with van der Waals surface area (Å²) in [5.74, 6) is -0.158. The van der Waals surface area contributed by atoms with Gasteiger partial charge in [-0.15, -0.1) is 12.4 Å². The maximum Gasteiger partial charge on any atom is 0.139 e. The number of phenols is 1. The third-order valence-corrected chi connectivity index (χ3v) is 4.55. The molecule has 120 valence electrons. The van der Waals surface area contributed by atoms with Crippen LogP contribution in [-0.2, 0) is 6.42 Å². The van der Waals surface area contributed by atoms with Gasteiger partial charge in [-0.05, 0) is 36.2 Å². The molecule has 1 unspecified atom stereocenters. The third kappa shape index (κ3) is 2.57. The zero-order valence-electron chi connectivity index (χ0n) is 12.1. The van der Waals surface area contributed by atoms with E-state index in [4.69, 9.17) is 11.6 Å². The van der Waals surface area contributed by atoms with Crippen LogP contribution in [0.2, 0.25) is 5.02 Å². The number of benzene rings is 2. The predicted molar refractivity (Wildman–Crippen MR) is 92.2 cm³/mol. The van der Waals surface area contributed by atoms with E-state index in [0.717, 1.165) is 40.7 Å². The Kier molecular flexibility index (Phi) is 4.23. The average Bonchev–Trinajstić information content (AvgIpc) is 2.88. The molecule has 4 rings (SSSR count). The Bertz CT molecular complexity index is 878. The second kappa shape index (κ2) is 6.04. The van der Waals surface area contributed by atoms with E-state index in [2.05, 4.69) is 10.3 Å². The van der Waals surface area contributed by atoms with Crippen molar-refractivity contribution >= 4 is 34.9 Å². The van der Waals surface area contributed by atoms with Crippen molar-refractivity contribution in [3.63, 3.8) is 0 Å². The van der Waals surface area contributed by atoms with Crippen LogP contribution in [0.25, 0.3) is 10.9 Å². The molecule has 0 amide bonds. The van der Waals surface area contributed by atoms with Crippen molar-refractivity contribution in [3.8, 4) is 5.75 Å². The number of aromatic amines is 1. The van der Waals surface area contributed by atoms with Crippen LogP contribution < -0.4 is 5.32 Å². The second-order valence-corrected chi connectivity index (χ2v) is 5.93. The highest BCUT2D eigenvalue weighted by atomic mass is 35.5. The van der Waals surface area contributed by atoms with E-state index in [1.165, 1.54) is 6.07 Å². The molecule has 0 spiro atoms. The van der Waals surface area contributed by atoms with Gasteiger partial charge in [0.2, 0.25) is 0 Å². The maximum atomic E-state index is 13.5. The quantitative estimate of drug-likeness (QED) is 0.610. The SMILES string of the molecule is Cl.Oc1c(Cl)cccc1C1NCCc2c1[nH]c1ccc(F)cc21. The molecule has 23 heavy (non-hydrogen) atoms. The van der Waals surface area contributed by atoms with Crippen LogP contribution in [-0.4, -0.2) is 16.6 Å². The van der Waals surface area contributed by atoms with E-state index in [1.54, 1.807) is 18.2 Å². The van der Waals surface area contributed by atoms with Crippen LogP contribution in [0, 0.1) is 5.82 Å². The van der Waals surface area contributed by atoms with Crippen LogP contribution in [0.1, 0.15) is 22.9 Å². The van der Waals surface area contributed by atoms with Gasteiger partial charge in [-0.2, -0.15) is 0 Å². The van der Waals surface area contributed by atoms with Gasteiger partial charge in [0.15, 0.2) is 0 Å². The number of halogens is 3. The Hall–Kier alpha value is -1.75. The minimum atomic E-state index is -0.241. The Morgan fingerprint density at radius 2 is 2.04 bits per heavy atom. The number of hydrogen-bond donors (Lipinski definition) is 3. The third-order valence-electron chi connectivity index (χ3n) is 4.24. The zero-order chi connectivity index (χ0) is 15.3. The summed E-state index contributed by atoms with van der Waals surface area (Å²) in [6.07, 6.45) is 0.816. The molecule has 0 aliphatic carbocycles. The van der Waals surface area contributed by atoms with Crippen molar-refractivity contribution < 1.29 is 9.50 Å². The second-order valence-electron chi connectivity index (χ2n) is 5.52. The number of aromatic hydroxyl groups is 1. The monoisotopic (exact) mass is 352 g/mol. The molecule has 6 heteroatoms. The number of hydrogen-bond acceptors (Lipinski definition) is 2. The number of aromatic nitrogens is 1. The summed E-state index contributed by atoms with van der Waals surface area (Å²) in [4.78, 5) is 3.36. The molecule has 3 N–H and O–H groups in total. The van der Waals surface area contributed by atoms with Gasteiger partial charge < -0.3 is 15.4 Å². The largest absolute Gasteiger partial charge is 0.506 e. The lowest BCUT2D eigenvalue weighted by molar-refractivity contribution is 0.453. The molecule has 2 aromatic carbocycles. The van der Waals surface area contributed by atoms with Gasteiger partial charge in [-0.25, -0.2) is 4.39 Å². The minimum absolute atomic E-state index is 0. The maximum absolute atomic E-state index is 13.5. The molecule has 1 aliphatic rings.